The number of aliphatic hydroxyl groups excluding tert-OH is 1. The highest BCUT2D eigenvalue weighted by Gasteiger charge is 2.18. The Bertz CT molecular complexity index is 345. The molecule has 19 heavy (non-hydrogen) atoms. The molecule has 1 N–H and O–H groups in total. The number of benzene rings is 1. The summed E-state index contributed by atoms with van der Waals surface area (Å²) in [4.78, 5) is 0. The third kappa shape index (κ3) is 4.70. The van der Waals surface area contributed by atoms with E-state index in [1.807, 2.05) is 6.07 Å². The molecule has 1 unspecified atom stereocenters. The lowest BCUT2D eigenvalue weighted by Crippen LogP contribution is -2.09. The van der Waals surface area contributed by atoms with Crippen LogP contribution >= 0.6 is 0 Å². The minimum atomic E-state index is -0.686. The predicted molar refractivity (Wildman–Crippen MR) is 71.8 cm³/mol. The monoisotopic (exact) mass is 270 g/mol. The zero-order valence-corrected chi connectivity index (χ0v) is 11.7. The van der Waals surface area contributed by atoms with Gasteiger partial charge in [0.1, 0.15) is 11.5 Å². The number of rotatable bonds is 9. The second kappa shape index (κ2) is 8.74. The molecule has 0 radical (unpaired) electrons. The van der Waals surface area contributed by atoms with Gasteiger partial charge in [0.25, 0.3) is 0 Å². The van der Waals surface area contributed by atoms with Gasteiger partial charge in [-0.15, -0.1) is 0 Å². The van der Waals surface area contributed by atoms with Gasteiger partial charge in [-0.1, -0.05) is 6.07 Å². The summed E-state index contributed by atoms with van der Waals surface area (Å²) in [6.07, 6.45) is -0.214. The molecule has 0 bridgehead atoms. The first-order valence-electron chi connectivity index (χ1n) is 6.20. The SMILES string of the molecule is COCCOCCC(O)c1c(OC)cccc1OC. The van der Waals surface area contributed by atoms with Crippen molar-refractivity contribution in [2.75, 3.05) is 41.2 Å². The molecule has 0 aliphatic carbocycles. The summed E-state index contributed by atoms with van der Waals surface area (Å²) >= 11 is 0. The minimum Gasteiger partial charge on any atom is -0.496 e. The second-order valence-corrected chi connectivity index (χ2v) is 3.99. The van der Waals surface area contributed by atoms with Crippen molar-refractivity contribution >= 4 is 0 Å². The summed E-state index contributed by atoms with van der Waals surface area (Å²) < 4.78 is 20.7. The van der Waals surface area contributed by atoms with Gasteiger partial charge >= 0.3 is 0 Å². The summed E-state index contributed by atoms with van der Waals surface area (Å²) in [5.41, 5.74) is 0.655. The lowest BCUT2D eigenvalue weighted by Gasteiger charge is -2.18. The van der Waals surface area contributed by atoms with Crippen LogP contribution in [0.1, 0.15) is 18.1 Å². The summed E-state index contributed by atoms with van der Waals surface area (Å²) in [5, 5.41) is 10.2. The summed E-state index contributed by atoms with van der Waals surface area (Å²) in [6.45, 7) is 1.52. The summed E-state index contributed by atoms with van der Waals surface area (Å²) in [5.74, 6) is 1.23. The molecule has 1 aromatic carbocycles. The Kier molecular flexibility index (Phi) is 7.25. The van der Waals surface area contributed by atoms with Crippen molar-refractivity contribution < 1.29 is 24.1 Å². The molecule has 108 valence electrons. The van der Waals surface area contributed by atoms with Gasteiger partial charge in [-0.05, 0) is 12.1 Å². The molecule has 0 heterocycles. The lowest BCUT2D eigenvalue weighted by atomic mass is 10.0. The van der Waals surface area contributed by atoms with Crippen molar-refractivity contribution in [3.05, 3.63) is 23.8 Å². The van der Waals surface area contributed by atoms with Crippen molar-refractivity contribution in [3.8, 4) is 11.5 Å². The number of ether oxygens (including phenoxy) is 4. The molecule has 0 aliphatic heterocycles. The standard InChI is InChI=1S/C14H22O5/c1-16-9-10-19-8-7-11(15)14-12(17-2)5-4-6-13(14)18-3/h4-6,11,15H,7-10H2,1-3H3. The zero-order valence-electron chi connectivity index (χ0n) is 11.7. The smallest absolute Gasteiger partial charge is 0.128 e. The number of methoxy groups -OCH3 is 3. The normalized spacial score (nSPS) is 12.2. The van der Waals surface area contributed by atoms with Crippen LogP contribution in [0.15, 0.2) is 18.2 Å². The average Bonchev–Trinajstić information content (AvgIpc) is 2.45. The average molecular weight is 270 g/mol. The molecule has 1 rings (SSSR count). The van der Waals surface area contributed by atoms with E-state index in [-0.39, 0.29) is 0 Å². The van der Waals surface area contributed by atoms with Crippen molar-refractivity contribution in [2.24, 2.45) is 0 Å². The van der Waals surface area contributed by atoms with Crippen molar-refractivity contribution in [1.82, 2.24) is 0 Å². The number of aliphatic hydroxyl groups is 1. The van der Waals surface area contributed by atoms with Crippen LogP contribution in [0.2, 0.25) is 0 Å². The molecule has 0 saturated carbocycles. The Hall–Kier alpha value is -1.30. The van der Waals surface area contributed by atoms with Crippen LogP contribution in [-0.4, -0.2) is 46.3 Å². The highest BCUT2D eigenvalue weighted by Crippen LogP contribution is 2.35. The van der Waals surface area contributed by atoms with Crippen LogP contribution < -0.4 is 9.47 Å². The molecule has 5 heteroatoms. The van der Waals surface area contributed by atoms with E-state index in [1.165, 1.54) is 0 Å². The van der Waals surface area contributed by atoms with E-state index in [9.17, 15) is 5.11 Å². The van der Waals surface area contributed by atoms with Crippen LogP contribution in [0.4, 0.5) is 0 Å². The number of hydrogen-bond donors (Lipinski definition) is 1. The van der Waals surface area contributed by atoms with E-state index in [4.69, 9.17) is 18.9 Å². The molecule has 0 aliphatic rings. The molecule has 0 amide bonds. The van der Waals surface area contributed by atoms with E-state index >= 15 is 0 Å². The second-order valence-electron chi connectivity index (χ2n) is 3.99. The first-order chi connectivity index (χ1) is 9.24. The van der Waals surface area contributed by atoms with E-state index in [0.29, 0.717) is 43.3 Å². The van der Waals surface area contributed by atoms with Gasteiger partial charge < -0.3 is 24.1 Å². The van der Waals surface area contributed by atoms with E-state index < -0.39 is 6.10 Å². The zero-order chi connectivity index (χ0) is 14.1. The van der Waals surface area contributed by atoms with Gasteiger partial charge in [-0.2, -0.15) is 0 Å². The Morgan fingerprint density at radius 1 is 1.00 bits per heavy atom. The Labute approximate surface area is 114 Å². The molecule has 0 aromatic heterocycles. The van der Waals surface area contributed by atoms with Gasteiger partial charge in [0.2, 0.25) is 0 Å². The fraction of sp³-hybridized carbons (Fsp3) is 0.571. The van der Waals surface area contributed by atoms with Crippen LogP contribution in [-0.2, 0) is 9.47 Å². The molecule has 5 nitrogen and oxygen atoms in total. The quantitative estimate of drug-likeness (QED) is 0.693. The number of hydrogen-bond acceptors (Lipinski definition) is 5. The molecule has 1 atom stereocenters. The first kappa shape index (κ1) is 15.8. The van der Waals surface area contributed by atoms with E-state index in [0.717, 1.165) is 0 Å². The molecule has 0 saturated heterocycles. The van der Waals surface area contributed by atoms with Crippen molar-refractivity contribution in [1.29, 1.82) is 0 Å². The molecule has 1 aromatic rings. The Balaban J connectivity index is 2.62. The molecular formula is C14H22O5. The largest absolute Gasteiger partial charge is 0.496 e. The predicted octanol–water partition coefficient (Wildman–Crippen LogP) is 1.79. The maximum absolute atomic E-state index is 10.2. The summed E-state index contributed by atoms with van der Waals surface area (Å²) in [6, 6.07) is 5.42. The van der Waals surface area contributed by atoms with Gasteiger partial charge in [0, 0.05) is 20.1 Å². The van der Waals surface area contributed by atoms with Crippen LogP contribution in [0.5, 0.6) is 11.5 Å². The van der Waals surface area contributed by atoms with Gasteiger partial charge in [-0.3, -0.25) is 0 Å². The maximum Gasteiger partial charge on any atom is 0.128 e. The lowest BCUT2D eigenvalue weighted by molar-refractivity contribution is 0.0465. The van der Waals surface area contributed by atoms with Crippen LogP contribution in [0.3, 0.4) is 0 Å². The van der Waals surface area contributed by atoms with Crippen molar-refractivity contribution in [3.63, 3.8) is 0 Å². The Morgan fingerprint density at radius 2 is 1.63 bits per heavy atom. The first-order valence-corrected chi connectivity index (χ1v) is 6.20. The van der Waals surface area contributed by atoms with Gasteiger partial charge in [-0.25, -0.2) is 0 Å². The van der Waals surface area contributed by atoms with Gasteiger partial charge in [0.05, 0.1) is 39.1 Å². The van der Waals surface area contributed by atoms with Crippen LogP contribution in [0, 0.1) is 0 Å². The third-order valence-electron chi connectivity index (χ3n) is 2.77. The minimum absolute atomic E-state index is 0.450. The van der Waals surface area contributed by atoms with E-state index in [1.54, 1.807) is 33.5 Å². The topological polar surface area (TPSA) is 57.2 Å². The van der Waals surface area contributed by atoms with E-state index in [2.05, 4.69) is 0 Å². The maximum atomic E-state index is 10.2. The molecule has 0 fully saturated rings. The molecule has 0 spiro atoms. The van der Waals surface area contributed by atoms with Gasteiger partial charge in [0.15, 0.2) is 0 Å². The Morgan fingerprint density at radius 3 is 2.16 bits per heavy atom. The fourth-order valence-corrected chi connectivity index (χ4v) is 1.79. The molecular weight excluding hydrogens is 248 g/mol. The summed E-state index contributed by atoms with van der Waals surface area (Å²) in [7, 11) is 4.76. The highest BCUT2D eigenvalue weighted by molar-refractivity contribution is 5.46. The van der Waals surface area contributed by atoms with Crippen LogP contribution in [0.25, 0.3) is 0 Å². The fourth-order valence-electron chi connectivity index (χ4n) is 1.79. The highest BCUT2D eigenvalue weighted by atomic mass is 16.5. The van der Waals surface area contributed by atoms with Crippen molar-refractivity contribution in [2.45, 2.75) is 12.5 Å². The third-order valence-corrected chi connectivity index (χ3v) is 2.77.